The molecule has 2 aromatic rings. The molecule has 5 heteroatoms. The van der Waals surface area contributed by atoms with Crippen LogP contribution in [0.2, 0.25) is 0 Å². The smallest absolute Gasteiger partial charge is 0.224 e. The number of nitrogens with one attached hydrogen (secondary N) is 2. The summed E-state index contributed by atoms with van der Waals surface area (Å²) in [5.74, 6) is 1.38. The van der Waals surface area contributed by atoms with E-state index in [9.17, 15) is 4.79 Å². The van der Waals surface area contributed by atoms with Gasteiger partial charge in [-0.15, -0.1) is 0 Å². The predicted octanol–water partition coefficient (Wildman–Crippen LogP) is 2.28. The number of likely N-dealkylation sites (tertiary alicyclic amines) is 1. The number of carbonyl (C=O) groups is 1. The molecule has 2 bridgehead atoms. The molecule has 1 amide bonds. The number of amides is 1. The Bertz CT molecular complexity index is 751. The van der Waals surface area contributed by atoms with Gasteiger partial charge in [0.15, 0.2) is 0 Å². The van der Waals surface area contributed by atoms with Crippen LogP contribution in [0, 0.1) is 19.8 Å². The van der Waals surface area contributed by atoms with E-state index in [4.69, 9.17) is 4.98 Å². The highest BCUT2D eigenvalue weighted by Gasteiger charge is 2.32. The molecule has 1 aromatic carbocycles. The molecule has 2 aliphatic rings. The van der Waals surface area contributed by atoms with Crippen molar-refractivity contribution in [1.29, 1.82) is 0 Å². The number of carbonyl (C=O) groups excluding carboxylic acids is 1. The van der Waals surface area contributed by atoms with Crippen LogP contribution >= 0.6 is 0 Å². The number of aromatic nitrogens is 2. The average molecular weight is 312 g/mol. The van der Waals surface area contributed by atoms with Crippen LogP contribution in [0.1, 0.15) is 36.2 Å². The van der Waals surface area contributed by atoms with Crippen LogP contribution in [-0.2, 0) is 11.3 Å². The molecule has 0 aliphatic carbocycles. The van der Waals surface area contributed by atoms with Crippen molar-refractivity contribution in [2.24, 2.45) is 5.92 Å². The summed E-state index contributed by atoms with van der Waals surface area (Å²) in [7, 11) is 0. The van der Waals surface area contributed by atoms with E-state index in [1.54, 1.807) is 0 Å². The molecule has 0 spiro atoms. The molecule has 1 aromatic heterocycles. The number of aromatic amines is 1. The Kier molecular flexibility index (Phi) is 3.60. The van der Waals surface area contributed by atoms with Crippen molar-refractivity contribution in [3.63, 3.8) is 0 Å². The summed E-state index contributed by atoms with van der Waals surface area (Å²) in [6, 6.07) is 4.54. The number of aryl methyl sites for hydroxylation is 2. The lowest BCUT2D eigenvalue weighted by molar-refractivity contribution is -0.124. The molecule has 4 rings (SSSR count). The van der Waals surface area contributed by atoms with Gasteiger partial charge in [-0.05, 0) is 43.9 Å². The van der Waals surface area contributed by atoms with Gasteiger partial charge in [0.25, 0.3) is 0 Å². The zero-order valence-electron chi connectivity index (χ0n) is 13.9. The summed E-state index contributed by atoms with van der Waals surface area (Å²) in [4.78, 5) is 22.8. The normalized spacial score (nSPS) is 25.4. The summed E-state index contributed by atoms with van der Waals surface area (Å²) in [5, 5.41) is 3.19. The maximum absolute atomic E-state index is 12.2. The highest BCUT2D eigenvalue weighted by molar-refractivity contribution is 5.80. The van der Waals surface area contributed by atoms with Crippen LogP contribution in [0.4, 0.5) is 0 Å². The monoisotopic (exact) mass is 312 g/mol. The van der Waals surface area contributed by atoms with Crippen molar-refractivity contribution < 1.29 is 4.79 Å². The minimum absolute atomic E-state index is 0.135. The molecule has 2 saturated heterocycles. The Balaban J connectivity index is 1.58. The van der Waals surface area contributed by atoms with Gasteiger partial charge >= 0.3 is 0 Å². The molecule has 122 valence electrons. The quantitative estimate of drug-likeness (QED) is 0.894. The van der Waals surface area contributed by atoms with Crippen molar-refractivity contribution in [1.82, 2.24) is 20.2 Å². The van der Waals surface area contributed by atoms with Crippen LogP contribution in [0.5, 0.6) is 0 Å². The Morgan fingerprint density at radius 2 is 2.13 bits per heavy atom. The Morgan fingerprint density at radius 3 is 3.00 bits per heavy atom. The van der Waals surface area contributed by atoms with E-state index >= 15 is 0 Å². The molecule has 0 saturated carbocycles. The summed E-state index contributed by atoms with van der Waals surface area (Å²) in [6.07, 6.45) is 3.26. The number of hydrogen-bond donors (Lipinski definition) is 2. The fraction of sp³-hybridized carbons (Fsp3) is 0.556. The first kappa shape index (κ1) is 14.7. The van der Waals surface area contributed by atoms with Gasteiger partial charge in [0, 0.05) is 19.1 Å². The number of benzene rings is 1. The summed E-state index contributed by atoms with van der Waals surface area (Å²) in [5.41, 5.74) is 4.70. The molecule has 3 heterocycles. The van der Waals surface area contributed by atoms with E-state index in [1.807, 2.05) is 0 Å². The van der Waals surface area contributed by atoms with E-state index in [0.717, 1.165) is 55.8 Å². The van der Waals surface area contributed by atoms with E-state index < -0.39 is 0 Å². The van der Waals surface area contributed by atoms with Crippen molar-refractivity contribution in [2.75, 3.05) is 13.1 Å². The molecule has 0 unspecified atom stereocenters. The third-order valence-corrected chi connectivity index (χ3v) is 5.38. The summed E-state index contributed by atoms with van der Waals surface area (Å²) in [6.45, 7) is 6.81. The molecule has 2 N–H and O–H groups in total. The van der Waals surface area contributed by atoms with Crippen LogP contribution < -0.4 is 5.32 Å². The Morgan fingerprint density at radius 1 is 1.26 bits per heavy atom. The van der Waals surface area contributed by atoms with Gasteiger partial charge in [-0.25, -0.2) is 4.98 Å². The van der Waals surface area contributed by atoms with Gasteiger partial charge in [-0.2, -0.15) is 0 Å². The molecule has 5 nitrogen and oxygen atoms in total. The number of hydrogen-bond acceptors (Lipinski definition) is 3. The van der Waals surface area contributed by atoms with Crippen molar-refractivity contribution >= 4 is 16.9 Å². The van der Waals surface area contributed by atoms with Gasteiger partial charge in [0.2, 0.25) is 5.91 Å². The number of fused-ring (bicyclic) bond motifs is 4. The molecular formula is C18H24N4O. The maximum Gasteiger partial charge on any atom is 0.224 e. The Hall–Kier alpha value is -1.88. The SMILES string of the molecule is Cc1ccc2[nH]c(CN3C[C@@H]4CCC[C@H](C3)C(=O)N4)nc2c1C. The minimum Gasteiger partial charge on any atom is -0.352 e. The van der Waals surface area contributed by atoms with Gasteiger partial charge in [0.05, 0.1) is 23.5 Å². The molecule has 2 fully saturated rings. The first-order valence-corrected chi connectivity index (χ1v) is 8.57. The van der Waals surface area contributed by atoms with Crippen molar-refractivity contribution in [3.05, 3.63) is 29.1 Å². The van der Waals surface area contributed by atoms with Crippen LogP contribution in [0.3, 0.4) is 0 Å². The Labute approximate surface area is 136 Å². The average Bonchev–Trinajstić information content (AvgIpc) is 2.74. The van der Waals surface area contributed by atoms with Gasteiger partial charge in [0.1, 0.15) is 5.82 Å². The van der Waals surface area contributed by atoms with Crippen molar-refractivity contribution in [2.45, 2.75) is 45.7 Å². The second-order valence-electron chi connectivity index (χ2n) is 7.11. The summed E-state index contributed by atoms with van der Waals surface area (Å²) < 4.78 is 0. The largest absolute Gasteiger partial charge is 0.352 e. The predicted molar refractivity (Wildman–Crippen MR) is 90.1 cm³/mol. The number of H-pyrrole nitrogens is 1. The third kappa shape index (κ3) is 2.74. The fourth-order valence-corrected chi connectivity index (χ4v) is 3.92. The number of nitrogens with zero attached hydrogens (tertiary/aromatic N) is 2. The first-order chi connectivity index (χ1) is 11.1. The van der Waals surface area contributed by atoms with E-state index in [2.05, 4.69) is 41.2 Å². The lowest BCUT2D eigenvalue weighted by Crippen LogP contribution is -2.38. The van der Waals surface area contributed by atoms with E-state index in [0.29, 0.717) is 6.04 Å². The number of imidazole rings is 1. The van der Waals surface area contributed by atoms with Crippen LogP contribution in [-0.4, -0.2) is 39.9 Å². The van der Waals surface area contributed by atoms with Crippen LogP contribution in [0.25, 0.3) is 11.0 Å². The second-order valence-corrected chi connectivity index (χ2v) is 7.11. The molecule has 23 heavy (non-hydrogen) atoms. The molecule has 2 atom stereocenters. The number of rotatable bonds is 2. The topological polar surface area (TPSA) is 61.0 Å². The minimum atomic E-state index is 0.135. The summed E-state index contributed by atoms with van der Waals surface area (Å²) >= 11 is 0. The highest BCUT2D eigenvalue weighted by Crippen LogP contribution is 2.24. The zero-order chi connectivity index (χ0) is 16.0. The zero-order valence-corrected chi connectivity index (χ0v) is 13.9. The molecular weight excluding hydrogens is 288 g/mol. The van der Waals surface area contributed by atoms with Crippen LogP contribution in [0.15, 0.2) is 12.1 Å². The standard InChI is InChI=1S/C18H24N4O/c1-11-6-7-15-17(12(11)2)21-16(20-15)10-22-8-13-4-3-5-14(9-22)19-18(13)23/h6-7,13-14H,3-5,8-10H2,1-2H3,(H,19,23)(H,20,21)/t13-,14+/m1/s1. The first-order valence-electron chi connectivity index (χ1n) is 8.57. The van der Waals surface area contributed by atoms with E-state index in [1.165, 1.54) is 11.1 Å². The second kappa shape index (κ2) is 5.64. The van der Waals surface area contributed by atoms with Gasteiger partial charge < -0.3 is 10.3 Å². The van der Waals surface area contributed by atoms with E-state index in [-0.39, 0.29) is 11.8 Å². The van der Waals surface area contributed by atoms with Gasteiger partial charge in [-0.1, -0.05) is 12.5 Å². The maximum atomic E-state index is 12.2. The fourth-order valence-electron chi connectivity index (χ4n) is 3.92. The third-order valence-electron chi connectivity index (χ3n) is 5.38. The molecule has 2 aliphatic heterocycles. The highest BCUT2D eigenvalue weighted by atomic mass is 16.2. The van der Waals surface area contributed by atoms with Gasteiger partial charge in [-0.3, -0.25) is 9.69 Å². The van der Waals surface area contributed by atoms with Crippen molar-refractivity contribution in [3.8, 4) is 0 Å². The lowest BCUT2D eigenvalue weighted by Gasteiger charge is -2.26. The molecule has 0 radical (unpaired) electrons. The lowest BCUT2D eigenvalue weighted by atomic mass is 9.99.